The van der Waals surface area contributed by atoms with Gasteiger partial charge in [0.15, 0.2) is 5.44 Å². The summed E-state index contributed by atoms with van der Waals surface area (Å²) in [4.78, 5) is 9.49. The summed E-state index contributed by atoms with van der Waals surface area (Å²) in [7, 11) is -3.81. The molecule has 0 amide bonds. The molecule has 8 heteroatoms. The Bertz CT molecular complexity index is 320. The van der Waals surface area contributed by atoms with Crippen molar-refractivity contribution in [1.29, 1.82) is 0 Å². The van der Waals surface area contributed by atoms with Crippen molar-refractivity contribution in [3.05, 3.63) is 25.0 Å². The number of carbonyl (C=O) groups is 1. The van der Waals surface area contributed by atoms with Gasteiger partial charge in [0.1, 0.15) is 0 Å². The Hall–Kier alpha value is -0.340. The fourth-order valence-corrected chi connectivity index (χ4v) is 0.526. The first-order valence-electron chi connectivity index (χ1n) is 3.73. The Kier molecular flexibility index (Phi) is 12.9. The molecule has 0 spiro atoms. The third-order valence-electron chi connectivity index (χ3n) is 0.968. The first-order valence-corrected chi connectivity index (χ1v) is 5.20. The van der Waals surface area contributed by atoms with Gasteiger partial charge in [-0.3, -0.25) is 0 Å². The van der Waals surface area contributed by atoms with E-state index in [-0.39, 0.29) is 35.1 Å². The molecule has 1 atom stereocenters. The molecule has 0 aromatic heterocycles. The van der Waals surface area contributed by atoms with Crippen molar-refractivity contribution < 1.29 is 57.2 Å². The van der Waals surface area contributed by atoms with Crippen LogP contribution in [0.4, 0.5) is 0 Å². The summed E-state index contributed by atoms with van der Waals surface area (Å²) in [5.41, 5.74) is -1.44. The summed E-state index contributed by atoms with van der Waals surface area (Å²) in [6, 6.07) is 0. The van der Waals surface area contributed by atoms with Gasteiger partial charge in [0, 0.05) is 0 Å². The van der Waals surface area contributed by atoms with Crippen molar-refractivity contribution in [2.24, 2.45) is 0 Å². The molecular weight excluding hydrogens is 247 g/mol. The third kappa shape index (κ3) is 11.7. The number of rotatable bonds is 4. The smallest absolute Gasteiger partial charge is 0.545 e. The maximum absolute atomic E-state index is 10.4. The summed E-state index contributed by atoms with van der Waals surface area (Å²) in [5.74, 6) is -1.19. The Morgan fingerprint density at radius 1 is 1.56 bits per heavy atom. The van der Waals surface area contributed by atoms with Gasteiger partial charge in [-0.05, 0) is 19.4 Å². The van der Waals surface area contributed by atoms with Gasteiger partial charge in [0.2, 0.25) is 0 Å². The zero-order chi connectivity index (χ0) is 12.6. The topological polar surface area (TPSA) is 104 Å². The van der Waals surface area contributed by atoms with Gasteiger partial charge in [0.05, 0.1) is 12.2 Å². The molecular formula is C8H13NaO6S. The van der Waals surface area contributed by atoms with Crippen molar-refractivity contribution in [2.45, 2.75) is 19.3 Å². The maximum Gasteiger partial charge on any atom is 1.00 e. The van der Waals surface area contributed by atoms with Crippen molar-refractivity contribution >= 4 is 16.1 Å². The van der Waals surface area contributed by atoms with Crippen LogP contribution in [0.15, 0.2) is 25.0 Å². The van der Waals surface area contributed by atoms with E-state index in [9.17, 15) is 18.3 Å². The zero-order valence-corrected chi connectivity index (χ0v) is 12.3. The molecule has 16 heavy (non-hydrogen) atoms. The predicted octanol–water partition coefficient (Wildman–Crippen LogP) is -3.87. The van der Waals surface area contributed by atoms with Crippen molar-refractivity contribution in [3.63, 3.8) is 0 Å². The molecule has 0 aliphatic rings. The molecule has 1 N–H and O–H groups in total. The summed E-state index contributed by atoms with van der Waals surface area (Å²) in [6.45, 7) is 8.59. The Balaban J connectivity index is -0.000000214. The zero-order valence-electron chi connectivity index (χ0n) is 9.47. The van der Waals surface area contributed by atoms with Gasteiger partial charge in [0.25, 0.3) is 0 Å². The second-order valence-electron chi connectivity index (χ2n) is 2.42. The fourth-order valence-electron chi connectivity index (χ4n) is 0.175. The number of carbonyl (C=O) groups excluding carboxylic acids is 1. The van der Waals surface area contributed by atoms with Gasteiger partial charge >= 0.3 is 39.7 Å². The van der Waals surface area contributed by atoms with Crippen LogP contribution in [0.5, 0.6) is 0 Å². The van der Waals surface area contributed by atoms with E-state index in [1.165, 1.54) is 6.92 Å². The van der Waals surface area contributed by atoms with Crippen molar-refractivity contribution in [3.8, 4) is 0 Å². The Morgan fingerprint density at radius 3 is 1.94 bits per heavy atom. The molecule has 0 saturated carbocycles. The van der Waals surface area contributed by atoms with Crippen LogP contribution in [0.2, 0.25) is 0 Å². The third-order valence-corrected chi connectivity index (χ3v) is 2.21. The van der Waals surface area contributed by atoms with E-state index < -0.39 is 21.5 Å². The minimum atomic E-state index is -3.81. The van der Waals surface area contributed by atoms with Crippen LogP contribution in [0.3, 0.4) is 0 Å². The number of aliphatic carboxylic acids is 1. The molecule has 0 aromatic rings. The van der Waals surface area contributed by atoms with E-state index in [4.69, 9.17) is 5.11 Å². The van der Waals surface area contributed by atoms with Gasteiger partial charge < -0.3 is 19.2 Å². The molecule has 88 valence electrons. The Morgan fingerprint density at radius 2 is 1.88 bits per heavy atom. The first kappa shape index (κ1) is 21.0. The van der Waals surface area contributed by atoms with E-state index in [2.05, 4.69) is 17.3 Å². The van der Waals surface area contributed by atoms with Crippen LogP contribution in [-0.4, -0.2) is 24.9 Å². The van der Waals surface area contributed by atoms with Crippen molar-refractivity contribution in [1.82, 2.24) is 0 Å². The number of aliphatic hydroxyl groups excluding tert-OH is 1. The van der Waals surface area contributed by atoms with Gasteiger partial charge in [-0.1, -0.05) is 13.2 Å². The minimum absolute atomic E-state index is 0. The molecule has 1 unspecified atom stereocenters. The van der Waals surface area contributed by atoms with Crippen LogP contribution in [-0.2, 0) is 19.1 Å². The van der Waals surface area contributed by atoms with E-state index in [1.807, 2.05) is 0 Å². The van der Waals surface area contributed by atoms with Crippen LogP contribution >= 0.6 is 0 Å². The maximum atomic E-state index is 10.4. The molecule has 0 radical (unpaired) electrons. The number of carboxylic acids is 1. The molecule has 0 fully saturated rings. The van der Waals surface area contributed by atoms with Crippen LogP contribution in [0.1, 0.15) is 13.8 Å². The predicted molar refractivity (Wildman–Crippen MR) is 51.7 cm³/mol. The van der Waals surface area contributed by atoms with E-state index >= 15 is 0 Å². The van der Waals surface area contributed by atoms with Crippen LogP contribution in [0.25, 0.3) is 0 Å². The normalized spacial score (nSPS) is 10.9. The quantitative estimate of drug-likeness (QED) is 0.240. The second kappa shape index (κ2) is 9.86. The molecule has 6 nitrogen and oxygen atoms in total. The van der Waals surface area contributed by atoms with Crippen molar-refractivity contribution in [2.75, 3.05) is 0 Å². The summed E-state index contributed by atoms with van der Waals surface area (Å²) in [6.07, 6.45) is 0.752. The molecule has 0 aliphatic carbocycles. The molecule has 0 rings (SSSR count). The average Bonchev–Trinajstić information content (AvgIpc) is 2.04. The molecule has 0 saturated heterocycles. The molecule has 0 aliphatic heterocycles. The monoisotopic (exact) mass is 260 g/mol. The van der Waals surface area contributed by atoms with Gasteiger partial charge in [-0.25, -0.2) is 0 Å². The first-order chi connectivity index (χ1) is 6.65. The van der Waals surface area contributed by atoms with E-state index in [0.29, 0.717) is 0 Å². The molecule has 0 bridgehead atoms. The Labute approximate surface area is 117 Å². The standard InChI is InChI=1S/C4H8O4S.C4H6O2.Na/c1-3-8-9(6,7)4(2)5;1-3(2)4(5)6;/h3-5H,1H2,2H3;1H2,2H3,(H,5,6);/q;;+1/p-1. The molecule has 0 aromatic carbocycles. The van der Waals surface area contributed by atoms with Crippen LogP contribution in [0, 0.1) is 0 Å². The summed E-state index contributed by atoms with van der Waals surface area (Å²) < 4.78 is 24.8. The number of hydrogen-bond donors (Lipinski definition) is 1. The van der Waals surface area contributed by atoms with Gasteiger partial charge in [-0.2, -0.15) is 8.42 Å². The number of carboxylic acid groups (broad SMARTS) is 1. The second-order valence-corrected chi connectivity index (χ2v) is 4.28. The fraction of sp³-hybridized carbons (Fsp3) is 0.375. The summed E-state index contributed by atoms with van der Waals surface area (Å²) in [5, 5.41) is 17.9. The average molecular weight is 260 g/mol. The SMILES string of the molecule is C=C(C)C(=O)[O-].C=COS(=O)(=O)C(C)O.[Na+]. The minimum Gasteiger partial charge on any atom is -0.545 e. The number of aliphatic hydroxyl groups is 1. The molecule has 0 heterocycles. The van der Waals surface area contributed by atoms with Crippen LogP contribution < -0.4 is 34.7 Å². The largest absolute Gasteiger partial charge is 1.00 e. The van der Waals surface area contributed by atoms with Gasteiger partial charge in [-0.15, -0.1) is 0 Å². The van der Waals surface area contributed by atoms with E-state index in [0.717, 1.165) is 13.2 Å². The van der Waals surface area contributed by atoms with E-state index in [1.54, 1.807) is 0 Å². The summed E-state index contributed by atoms with van der Waals surface area (Å²) >= 11 is 0. The number of hydrogen-bond acceptors (Lipinski definition) is 6.